The van der Waals surface area contributed by atoms with Gasteiger partial charge in [0.05, 0.1) is 11.9 Å². The molecule has 0 fully saturated rings. The van der Waals surface area contributed by atoms with Crippen LogP contribution in [0.1, 0.15) is 10.5 Å². The fourth-order valence-electron chi connectivity index (χ4n) is 1.40. The van der Waals surface area contributed by atoms with E-state index >= 15 is 0 Å². The molecule has 0 saturated heterocycles. The normalized spacial score (nSPS) is 10.3. The molecule has 0 unspecified atom stereocenters. The van der Waals surface area contributed by atoms with Crippen LogP contribution in [0.4, 0.5) is 14.5 Å². The standard InChI is InChI=1S/C11H8F2N4O3/c12-6-1-2-8(7(13)3-6)14-10(18)5-17-4-9(11(19)20)15-16-17/h1-4H,5H2,(H,14,18)(H,19,20). The van der Waals surface area contributed by atoms with E-state index in [1.807, 2.05) is 0 Å². The Kier molecular flexibility index (Phi) is 3.69. The summed E-state index contributed by atoms with van der Waals surface area (Å²) in [5.74, 6) is -3.61. The molecule has 1 amide bonds. The Morgan fingerprint density at radius 1 is 1.35 bits per heavy atom. The van der Waals surface area contributed by atoms with Crippen LogP contribution in [0.3, 0.4) is 0 Å². The Morgan fingerprint density at radius 3 is 2.70 bits per heavy atom. The molecule has 2 rings (SSSR count). The van der Waals surface area contributed by atoms with E-state index in [1.165, 1.54) is 0 Å². The molecule has 0 spiro atoms. The highest BCUT2D eigenvalue weighted by Gasteiger charge is 2.12. The molecule has 0 saturated carbocycles. The van der Waals surface area contributed by atoms with Crippen LogP contribution in [0.25, 0.3) is 0 Å². The molecule has 104 valence electrons. The molecule has 0 radical (unpaired) electrons. The van der Waals surface area contributed by atoms with Gasteiger partial charge >= 0.3 is 5.97 Å². The minimum Gasteiger partial charge on any atom is -0.476 e. The number of hydrogen-bond donors (Lipinski definition) is 2. The van der Waals surface area contributed by atoms with E-state index in [4.69, 9.17) is 5.11 Å². The maximum atomic E-state index is 13.3. The van der Waals surface area contributed by atoms with E-state index in [2.05, 4.69) is 15.6 Å². The van der Waals surface area contributed by atoms with Crippen molar-refractivity contribution < 1.29 is 23.5 Å². The quantitative estimate of drug-likeness (QED) is 0.868. The monoisotopic (exact) mass is 282 g/mol. The molecule has 0 bridgehead atoms. The van der Waals surface area contributed by atoms with Gasteiger partial charge in [0.25, 0.3) is 0 Å². The Labute approximate surface area is 110 Å². The number of carbonyl (C=O) groups is 2. The molecule has 0 aliphatic rings. The average molecular weight is 282 g/mol. The number of amides is 1. The summed E-state index contributed by atoms with van der Waals surface area (Å²) >= 11 is 0. The van der Waals surface area contributed by atoms with E-state index in [0.29, 0.717) is 6.07 Å². The molecule has 1 heterocycles. The Balaban J connectivity index is 2.03. The van der Waals surface area contributed by atoms with Gasteiger partial charge in [0.1, 0.15) is 18.2 Å². The molecule has 9 heteroatoms. The van der Waals surface area contributed by atoms with Crippen molar-refractivity contribution in [3.05, 3.63) is 41.7 Å². The van der Waals surface area contributed by atoms with Crippen molar-refractivity contribution in [2.45, 2.75) is 6.54 Å². The van der Waals surface area contributed by atoms with Gasteiger partial charge in [-0.15, -0.1) is 5.10 Å². The van der Waals surface area contributed by atoms with Crippen LogP contribution in [0.15, 0.2) is 24.4 Å². The second kappa shape index (κ2) is 5.43. The van der Waals surface area contributed by atoms with Gasteiger partial charge in [0.2, 0.25) is 5.91 Å². The summed E-state index contributed by atoms with van der Waals surface area (Å²) in [5, 5.41) is 17.6. The van der Waals surface area contributed by atoms with E-state index in [-0.39, 0.29) is 17.9 Å². The lowest BCUT2D eigenvalue weighted by Crippen LogP contribution is -2.19. The third-order valence-electron chi connectivity index (χ3n) is 2.27. The Hall–Kier alpha value is -2.84. The number of hydrogen-bond acceptors (Lipinski definition) is 4. The van der Waals surface area contributed by atoms with Crippen molar-refractivity contribution in [2.75, 3.05) is 5.32 Å². The third kappa shape index (κ3) is 3.13. The maximum absolute atomic E-state index is 13.3. The number of aromatic carboxylic acids is 1. The van der Waals surface area contributed by atoms with Gasteiger partial charge in [-0.3, -0.25) is 4.79 Å². The number of nitrogens with zero attached hydrogens (tertiary/aromatic N) is 3. The topological polar surface area (TPSA) is 97.1 Å². The first-order valence-electron chi connectivity index (χ1n) is 5.34. The number of halogens is 2. The lowest BCUT2D eigenvalue weighted by molar-refractivity contribution is -0.117. The fourth-order valence-corrected chi connectivity index (χ4v) is 1.40. The molecule has 2 aromatic rings. The Morgan fingerprint density at radius 2 is 2.10 bits per heavy atom. The largest absolute Gasteiger partial charge is 0.476 e. The maximum Gasteiger partial charge on any atom is 0.358 e. The summed E-state index contributed by atoms with van der Waals surface area (Å²) < 4.78 is 27.0. The number of carboxylic acids is 1. The molecule has 0 aliphatic heterocycles. The first-order valence-corrected chi connectivity index (χ1v) is 5.34. The lowest BCUT2D eigenvalue weighted by Gasteiger charge is -2.05. The summed E-state index contributed by atoms with van der Waals surface area (Å²) in [4.78, 5) is 22.2. The van der Waals surface area contributed by atoms with Crippen molar-refractivity contribution in [1.29, 1.82) is 0 Å². The zero-order valence-electron chi connectivity index (χ0n) is 9.88. The van der Waals surface area contributed by atoms with Gasteiger partial charge < -0.3 is 10.4 Å². The van der Waals surface area contributed by atoms with E-state index in [1.54, 1.807) is 0 Å². The van der Waals surface area contributed by atoms with Crippen LogP contribution in [-0.4, -0.2) is 32.0 Å². The molecule has 1 aromatic carbocycles. The van der Waals surface area contributed by atoms with Crippen LogP contribution >= 0.6 is 0 Å². The van der Waals surface area contributed by atoms with Gasteiger partial charge in [-0.1, -0.05) is 5.21 Å². The number of carbonyl (C=O) groups excluding carboxylic acids is 1. The van der Waals surface area contributed by atoms with Gasteiger partial charge in [-0.2, -0.15) is 0 Å². The highest BCUT2D eigenvalue weighted by molar-refractivity contribution is 5.90. The zero-order chi connectivity index (χ0) is 14.7. The van der Waals surface area contributed by atoms with E-state index in [0.717, 1.165) is 23.0 Å². The Bertz CT molecular complexity index is 671. The predicted octanol–water partition coefficient (Wildman–Crippen LogP) is 0.893. The number of anilines is 1. The molecule has 1 aromatic heterocycles. The zero-order valence-corrected chi connectivity index (χ0v) is 9.88. The number of carboxylic acid groups (broad SMARTS) is 1. The van der Waals surface area contributed by atoms with Crippen LogP contribution in [-0.2, 0) is 11.3 Å². The SMILES string of the molecule is O=C(Cn1cc(C(=O)O)nn1)Nc1ccc(F)cc1F. The van der Waals surface area contributed by atoms with Crippen molar-refractivity contribution >= 4 is 17.6 Å². The van der Waals surface area contributed by atoms with Crippen molar-refractivity contribution in [3.8, 4) is 0 Å². The summed E-state index contributed by atoms with van der Waals surface area (Å²) in [6, 6.07) is 2.71. The summed E-state index contributed by atoms with van der Waals surface area (Å²) in [6.07, 6.45) is 1.06. The third-order valence-corrected chi connectivity index (χ3v) is 2.27. The number of nitrogens with one attached hydrogen (secondary N) is 1. The number of benzene rings is 1. The van der Waals surface area contributed by atoms with Gasteiger partial charge in [0, 0.05) is 6.07 Å². The van der Waals surface area contributed by atoms with E-state index in [9.17, 15) is 18.4 Å². The molecule has 7 nitrogen and oxygen atoms in total. The second-order valence-electron chi connectivity index (χ2n) is 3.78. The molecular weight excluding hydrogens is 274 g/mol. The summed E-state index contributed by atoms with van der Waals surface area (Å²) in [6.45, 7) is -0.350. The first-order chi connectivity index (χ1) is 9.45. The van der Waals surface area contributed by atoms with Crippen molar-refractivity contribution in [1.82, 2.24) is 15.0 Å². The van der Waals surface area contributed by atoms with Gasteiger partial charge in [-0.25, -0.2) is 18.3 Å². The highest BCUT2D eigenvalue weighted by atomic mass is 19.1. The minimum absolute atomic E-state index is 0.185. The molecular formula is C11H8F2N4O3. The lowest BCUT2D eigenvalue weighted by atomic mass is 10.3. The fraction of sp³-hybridized carbons (Fsp3) is 0.0909. The highest BCUT2D eigenvalue weighted by Crippen LogP contribution is 2.14. The van der Waals surface area contributed by atoms with Crippen molar-refractivity contribution in [3.63, 3.8) is 0 Å². The van der Waals surface area contributed by atoms with E-state index < -0.39 is 23.5 Å². The predicted molar refractivity (Wildman–Crippen MR) is 62.0 cm³/mol. The first kappa shape index (κ1) is 13.6. The van der Waals surface area contributed by atoms with Crippen LogP contribution in [0.5, 0.6) is 0 Å². The average Bonchev–Trinajstić information content (AvgIpc) is 2.81. The van der Waals surface area contributed by atoms with Crippen LogP contribution < -0.4 is 5.32 Å². The smallest absolute Gasteiger partial charge is 0.358 e. The number of rotatable bonds is 4. The molecule has 20 heavy (non-hydrogen) atoms. The summed E-state index contributed by atoms with van der Waals surface area (Å²) in [5.41, 5.74) is -0.499. The summed E-state index contributed by atoms with van der Waals surface area (Å²) in [7, 11) is 0. The molecule has 0 aliphatic carbocycles. The van der Waals surface area contributed by atoms with Gasteiger partial charge in [-0.05, 0) is 12.1 Å². The van der Waals surface area contributed by atoms with Crippen LogP contribution in [0, 0.1) is 11.6 Å². The van der Waals surface area contributed by atoms with Crippen LogP contribution in [0.2, 0.25) is 0 Å². The number of aromatic nitrogens is 3. The molecule has 2 N–H and O–H groups in total. The second-order valence-corrected chi connectivity index (χ2v) is 3.78. The van der Waals surface area contributed by atoms with Gasteiger partial charge in [0.15, 0.2) is 5.69 Å². The molecule has 0 atom stereocenters. The van der Waals surface area contributed by atoms with Crippen molar-refractivity contribution in [2.24, 2.45) is 0 Å². The minimum atomic E-state index is -1.28.